The normalized spacial score (nSPS) is 10.1. The molecule has 3 heteroatoms. The van der Waals surface area contributed by atoms with Crippen LogP contribution < -0.4 is 4.74 Å². The molecule has 2 rings (SSSR count). The van der Waals surface area contributed by atoms with Gasteiger partial charge in [-0.15, -0.1) is 6.42 Å². The molecule has 0 atom stereocenters. The van der Waals surface area contributed by atoms with E-state index in [-0.39, 0.29) is 5.56 Å². The number of halogens is 1. The lowest BCUT2D eigenvalue weighted by Crippen LogP contribution is -2.02. The van der Waals surface area contributed by atoms with Crippen molar-refractivity contribution in [1.29, 1.82) is 0 Å². The molecule has 2 aromatic rings. The number of ether oxygens (including phenoxy) is 1. The van der Waals surface area contributed by atoms with Gasteiger partial charge in [-0.25, -0.2) is 4.39 Å². The fraction of sp³-hybridized carbons (Fsp3) is 0.133. The van der Waals surface area contributed by atoms with E-state index in [9.17, 15) is 9.18 Å². The quantitative estimate of drug-likeness (QED) is 0.436. The van der Waals surface area contributed by atoms with Crippen LogP contribution in [0.25, 0.3) is 10.8 Å². The van der Waals surface area contributed by atoms with Gasteiger partial charge < -0.3 is 4.74 Å². The lowest BCUT2D eigenvalue weighted by Gasteiger charge is -2.09. The number of esters is 1. The van der Waals surface area contributed by atoms with E-state index in [1.165, 1.54) is 13.0 Å². The van der Waals surface area contributed by atoms with E-state index in [2.05, 4.69) is 5.92 Å². The first-order valence-corrected chi connectivity index (χ1v) is 5.41. The summed E-state index contributed by atoms with van der Waals surface area (Å²) in [7, 11) is 0. The minimum Gasteiger partial charge on any atom is -0.427 e. The number of aryl methyl sites for hydroxylation is 1. The van der Waals surface area contributed by atoms with Crippen LogP contribution in [-0.4, -0.2) is 5.97 Å². The zero-order chi connectivity index (χ0) is 13.3. The first kappa shape index (κ1) is 12.1. The number of carbonyl (C=O) groups excluding carboxylic acids is 1. The molecule has 0 amide bonds. The van der Waals surface area contributed by atoms with E-state index < -0.39 is 11.8 Å². The van der Waals surface area contributed by atoms with Gasteiger partial charge in [0.05, 0.1) is 5.56 Å². The van der Waals surface area contributed by atoms with E-state index in [0.29, 0.717) is 11.1 Å². The van der Waals surface area contributed by atoms with Crippen LogP contribution in [0.5, 0.6) is 5.75 Å². The van der Waals surface area contributed by atoms with Crippen molar-refractivity contribution in [2.45, 2.75) is 13.8 Å². The Morgan fingerprint density at radius 3 is 2.72 bits per heavy atom. The number of benzene rings is 2. The molecule has 0 radical (unpaired) electrons. The third kappa shape index (κ3) is 2.05. The molecule has 90 valence electrons. The van der Waals surface area contributed by atoms with Gasteiger partial charge in [-0.1, -0.05) is 12.0 Å². The Bertz CT molecular complexity index is 681. The van der Waals surface area contributed by atoms with Crippen LogP contribution in [0.3, 0.4) is 0 Å². The van der Waals surface area contributed by atoms with Gasteiger partial charge in [0.15, 0.2) is 0 Å². The maximum atomic E-state index is 13.6. The summed E-state index contributed by atoms with van der Waals surface area (Å²) in [5.74, 6) is 1.97. The van der Waals surface area contributed by atoms with Crippen molar-refractivity contribution < 1.29 is 13.9 Å². The number of carbonyl (C=O) groups is 1. The zero-order valence-electron chi connectivity index (χ0n) is 10.1. The first-order chi connectivity index (χ1) is 8.52. The Kier molecular flexibility index (Phi) is 3.03. The smallest absolute Gasteiger partial charge is 0.308 e. The molecule has 0 unspecified atom stereocenters. The minimum atomic E-state index is -0.423. The van der Waals surface area contributed by atoms with Crippen LogP contribution in [0.4, 0.5) is 4.39 Å². The summed E-state index contributed by atoms with van der Waals surface area (Å²) < 4.78 is 18.6. The highest BCUT2D eigenvalue weighted by Gasteiger charge is 2.10. The van der Waals surface area contributed by atoms with E-state index in [0.717, 1.165) is 10.9 Å². The van der Waals surface area contributed by atoms with Gasteiger partial charge in [-0.3, -0.25) is 4.79 Å². The summed E-state index contributed by atoms with van der Waals surface area (Å²) in [6.07, 6.45) is 5.33. The molecule has 18 heavy (non-hydrogen) atoms. The van der Waals surface area contributed by atoms with Crippen molar-refractivity contribution in [3.05, 3.63) is 41.2 Å². The van der Waals surface area contributed by atoms with Gasteiger partial charge >= 0.3 is 5.97 Å². The number of hydrogen-bond donors (Lipinski definition) is 0. The predicted octanol–water partition coefficient (Wildman–Crippen LogP) is 3.19. The maximum Gasteiger partial charge on any atom is 0.308 e. The van der Waals surface area contributed by atoms with Crippen LogP contribution in [0.15, 0.2) is 24.3 Å². The summed E-state index contributed by atoms with van der Waals surface area (Å²) in [4.78, 5) is 10.9. The van der Waals surface area contributed by atoms with Crippen LogP contribution >= 0.6 is 0 Å². The molecule has 0 N–H and O–H groups in total. The number of rotatable bonds is 1. The highest BCUT2D eigenvalue weighted by atomic mass is 19.1. The standard InChI is InChI=1S/C15H11FO2/c1-4-13-14(16)6-5-11-8-12(18-10(3)17)7-9(2)15(11)13/h1,5-8H,2-3H3. The third-order valence-corrected chi connectivity index (χ3v) is 2.64. The summed E-state index contributed by atoms with van der Waals surface area (Å²) in [6, 6.07) is 6.27. The Morgan fingerprint density at radius 1 is 1.39 bits per heavy atom. The molecule has 0 aliphatic carbocycles. The van der Waals surface area contributed by atoms with Gasteiger partial charge in [0.2, 0.25) is 0 Å². The van der Waals surface area contributed by atoms with Gasteiger partial charge in [-0.2, -0.15) is 0 Å². The first-order valence-electron chi connectivity index (χ1n) is 5.41. The second-order valence-corrected chi connectivity index (χ2v) is 4.00. The largest absolute Gasteiger partial charge is 0.427 e. The monoisotopic (exact) mass is 242 g/mol. The summed E-state index contributed by atoms with van der Waals surface area (Å²) in [5, 5.41) is 1.43. The molecule has 0 saturated heterocycles. The summed E-state index contributed by atoms with van der Waals surface area (Å²) in [5.41, 5.74) is 1.01. The number of fused-ring (bicyclic) bond motifs is 1. The van der Waals surface area contributed by atoms with Gasteiger partial charge in [0.1, 0.15) is 11.6 Å². The highest BCUT2D eigenvalue weighted by molar-refractivity contribution is 5.92. The van der Waals surface area contributed by atoms with E-state index in [4.69, 9.17) is 11.2 Å². The lowest BCUT2D eigenvalue weighted by atomic mass is 9.99. The SMILES string of the molecule is C#Cc1c(F)ccc2cc(OC(C)=O)cc(C)c12. The van der Waals surface area contributed by atoms with E-state index in [1.807, 2.05) is 0 Å². The molecular weight excluding hydrogens is 231 g/mol. The maximum absolute atomic E-state index is 13.6. The molecule has 0 aliphatic heterocycles. The van der Waals surface area contributed by atoms with Crippen molar-refractivity contribution in [1.82, 2.24) is 0 Å². The van der Waals surface area contributed by atoms with Crippen molar-refractivity contribution >= 4 is 16.7 Å². The third-order valence-electron chi connectivity index (χ3n) is 2.64. The minimum absolute atomic E-state index is 0.236. The molecule has 0 aliphatic rings. The van der Waals surface area contributed by atoms with Crippen molar-refractivity contribution in [3.63, 3.8) is 0 Å². The van der Waals surface area contributed by atoms with Crippen molar-refractivity contribution in [3.8, 4) is 18.1 Å². The second-order valence-electron chi connectivity index (χ2n) is 4.00. The number of hydrogen-bond acceptors (Lipinski definition) is 2. The zero-order valence-corrected chi connectivity index (χ0v) is 10.1. The van der Waals surface area contributed by atoms with Gasteiger partial charge in [-0.05, 0) is 36.1 Å². The van der Waals surface area contributed by atoms with Crippen LogP contribution in [0.2, 0.25) is 0 Å². The molecule has 2 nitrogen and oxygen atoms in total. The average molecular weight is 242 g/mol. The second kappa shape index (κ2) is 4.50. The van der Waals surface area contributed by atoms with Gasteiger partial charge in [0, 0.05) is 12.3 Å². The molecule has 2 aromatic carbocycles. The van der Waals surface area contributed by atoms with Crippen LogP contribution in [-0.2, 0) is 4.79 Å². The topological polar surface area (TPSA) is 26.3 Å². The van der Waals surface area contributed by atoms with Crippen molar-refractivity contribution in [2.75, 3.05) is 0 Å². The predicted molar refractivity (Wildman–Crippen MR) is 67.9 cm³/mol. The van der Waals surface area contributed by atoms with E-state index in [1.54, 1.807) is 25.1 Å². The Balaban J connectivity index is 2.74. The molecular formula is C15H11FO2. The molecule has 0 saturated carbocycles. The summed E-state index contributed by atoms with van der Waals surface area (Å²) >= 11 is 0. The molecule has 0 aromatic heterocycles. The number of terminal acetylenes is 1. The van der Waals surface area contributed by atoms with Crippen LogP contribution in [0, 0.1) is 25.1 Å². The fourth-order valence-electron chi connectivity index (χ4n) is 1.98. The molecule has 0 spiro atoms. The molecule has 0 heterocycles. The Morgan fingerprint density at radius 2 is 2.11 bits per heavy atom. The fourth-order valence-corrected chi connectivity index (χ4v) is 1.98. The van der Waals surface area contributed by atoms with Gasteiger partial charge in [0.25, 0.3) is 0 Å². The van der Waals surface area contributed by atoms with E-state index >= 15 is 0 Å². The molecule has 0 fully saturated rings. The highest BCUT2D eigenvalue weighted by Crippen LogP contribution is 2.29. The van der Waals surface area contributed by atoms with Crippen molar-refractivity contribution in [2.24, 2.45) is 0 Å². The van der Waals surface area contributed by atoms with Crippen LogP contribution in [0.1, 0.15) is 18.1 Å². The average Bonchev–Trinajstić information content (AvgIpc) is 2.29. The lowest BCUT2D eigenvalue weighted by molar-refractivity contribution is -0.131. The Labute approximate surface area is 104 Å². The summed E-state index contributed by atoms with van der Waals surface area (Å²) in [6.45, 7) is 3.13. The Hall–Kier alpha value is -2.34. The molecule has 0 bridgehead atoms.